The predicted octanol–water partition coefficient (Wildman–Crippen LogP) is 4.50. The van der Waals surface area contributed by atoms with Crippen LogP contribution in [0, 0.1) is 0 Å². The molecule has 0 heterocycles. The second-order valence-electron chi connectivity index (χ2n) is 5.09. The second-order valence-corrected chi connectivity index (χ2v) is 5.09. The summed E-state index contributed by atoms with van der Waals surface area (Å²) in [6.07, 6.45) is 8.30. The van der Waals surface area contributed by atoms with Gasteiger partial charge in [0.15, 0.2) is 0 Å². The molecule has 0 radical (unpaired) electrons. The number of benzene rings is 1. The van der Waals surface area contributed by atoms with E-state index in [0.717, 1.165) is 12.0 Å². The van der Waals surface area contributed by atoms with Crippen LogP contribution in [0.4, 0.5) is 0 Å². The van der Waals surface area contributed by atoms with E-state index in [-0.39, 0.29) is 0 Å². The lowest BCUT2D eigenvalue weighted by Crippen LogP contribution is -2.31. The first-order valence-electron chi connectivity index (χ1n) is 7.19. The molecule has 0 saturated heterocycles. The van der Waals surface area contributed by atoms with Crippen molar-refractivity contribution in [3.05, 3.63) is 41.0 Å². The molecule has 0 unspecified atom stereocenters. The van der Waals surface area contributed by atoms with Crippen molar-refractivity contribution in [3.63, 3.8) is 0 Å². The van der Waals surface area contributed by atoms with Gasteiger partial charge in [-0.15, -0.1) is 0 Å². The molecule has 0 saturated carbocycles. The summed E-state index contributed by atoms with van der Waals surface area (Å²) in [6, 6.07) is 8.32. The molecular weight excluding hydrogens is 236 g/mol. The van der Waals surface area contributed by atoms with Gasteiger partial charge in [0.25, 0.3) is 0 Å². The third kappa shape index (κ3) is 2.60. The van der Waals surface area contributed by atoms with Crippen LogP contribution < -0.4 is 0 Å². The first-order valence-corrected chi connectivity index (χ1v) is 7.19. The Morgan fingerprint density at radius 1 is 1.00 bits per heavy atom. The largest absolute Gasteiger partial charge is 0.346 e. The quantitative estimate of drug-likeness (QED) is 0.531. The minimum absolute atomic E-state index is 0.664. The molecule has 2 heteroatoms. The third-order valence-electron chi connectivity index (χ3n) is 3.94. The molecule has 0 aromatic heterocycles. The Morgan fingerprint density at radius 3 is 2.42 bits per heavy atom. The predicted molar refractivity (Wildman–Crippen MR) is 78.9 cm³/mol. The number of hydrogen-bond acceptors (Lipinski definition) is 2. The highest BCUT2D eigenvalue weighted by atomic mass is 16.7. The highest BCUT2D eigenvalue weighted by molar-refractivity contribution is 5.67. The third-order valence-corrected chi connectivity index (χ3v) is 3.94. The number of ether oxygens (including phenoxy) is 2. The molecule has 2 nitrogen and oxygen atoms in total. The van der Waals surface area contributed by atoms with Gasteiger partial charge in [-0.3, -0.25) is 0 Å². The van der Waals surface area contributed by atoms with Crippen LogP contribution in [0.1, 0.15) is 50.2 Å². The molecule has 1 aliphatic rings. The summed E-state index contributed by atoms with van der Waals surface area (Å²) in [4.78, 5) is 0. The molecule has 0 aliphatic heterocycles. The summed E-state index contributed by atoms with van der Waals surface area (Å²) in [5.74, 6) is -0.664. The maximum atomic E-state index is 5.75. The fourth-order valence-corrected chi connectivity index (χ4v) is 2.92. The van der Waals surface area contributed by atoms with E-state index in [9.17, 15) is 0 Å². The van der Waals surface area contributed by atoms with E-state index >= 15 is 0 Å². The van der Waals surface area contributed by atoms with E-state index in [1.165, 1.54) is 36.8 Å². The Kier molecular flexibility index (Phi) is 4.78. The molecule has 0 amide bonds. The van der Waals surface area contributed by atoms with Crippen LogP contribution in [0.15, 0.2) is 29.8 Å². The van der Waals surface area contributed by atoms with Crippen LogP contribution >= 0.6 is 0 Å². The first-order chi connectivity index (χ1) is 9.28. The molecule has 104 valence electrons. The van der Waals surface area contributed by atoms with E-state index in [1.54, 1.807) is 14.2 Å². The summed E-state index contributed by atoms with van der Waals surface area (Å²) in [5, 5.41) is 0. The SMILES string of the molecule is CCCCCCC1=Cc2ccccc2C1(OC)OC. The minimum atomic E-state index is -0.664. The van der Waals surface area contributed by atoms with Crippen molar-refractivity contribution in [2.75, 3.05) is 14.2 Å². The van der Waals surface area contributed by atoms with Gasteiger partial charge < -0.3 is 9.47 Å². The van der Waals surface area contributed by atoms with Crippen molar-refractivity contribution in [1.29, 1.82) is 0 Å². The number of unbranched alkanes of at least 4 members (excludes halogenated alkanes) is 3. The topological polar surface area (TPSA) is 18.5 Å². The number of methoxy groups -OCH3 is 2. The summed E-state index contributed by atoms with van der Waals surface area (Å²) < 4.78 is 11.5. The first kappa shape index (κ1) is 14.3. The van der Waals surface area contributed by atoms with E-state index < -0.39 is 5.79 Å². The van der Waals surface area contributed by atoms with Crippen LogP contribution in [-0.2, 0) is 15.3 Å². The zero-order valence-electron chi connectivity index (χ0n) is 12.2. The number of rotatable bonds is 7. The zero-order valence-corrected chi connectivity index (χ0v) is 12.2. The smallest absolute Gasteiger partial charge is 0.218 e. The standard InChI is InChI=1S/C17H24O2/c1-4-5-6-7-11-15-13-14-10-8-9-12-16(14)17(15,18-2)19-3/h8-10,12-13H,4-7,11H2,1-3H3. The average molecular weight is 260 g/mol. The second kappa shape index (κ2) is 6.36. The Balaban J connectivity index is 2.19. The van der Waals surface area contributed by atoms with Crippen LogP contribution in [0.25, 0.3) is 6.08 Å². The molecule has 0 N–H and O–H groups in total. The van der Waals surface area contributed by atoms with E-state index in [0.29, 0.717) is 0 Å². The normalized spacial score (nSPS) is 16.3. The maximum Gasteiger partial charge on any atom is 0.218 e. The van der Waals surface area contributed by atoms with Crippen molar-refractivity contribution < 1.29 is 9.47 Å². The van der Waals surface area contributed by atoms with Crippen molar-refractivity contribution in [3.8, 4) is 0 Å². The summed E-state index contributed by atoms with van der Waals surface area (Å²) in [6.45, 7) is 2.24. The Hall–Kier alpha value is -1.12. The fraction of sp³-hybridized carbons (Fsp3) is 0.529. The Bertz CT molecular complexity index is 444. The average Bonchev–Trinajstić information content (AvgIpc) is 2.77. The van der Waals surface area contributed by atoms with Crippen molar-refractivity contribution in [2.45, 2.75) is 44.8 Å². The van der Waals surface area contributed by atoms with Crippen molar-refractivity contribution >= 4 is 6.08 Å². The lowest BCUT2D eigenvalue weighted by atomic mass is 9.98. The van der Waals surface area contributed by atoms with Crippen LogP contribution in [0.2, 0.25) is 0 Å². The summed E-state index contributed by atoms with van der Waals surface area (Å²) in [5.41, 5.74) is 3.59. The van der Waals surface area contributed by atoms with Gasteiger partial charge in [0.05, 0.1) is 0 Å². The lowest BCUT2D eigenvalue weighted by molar-refractivity contribution is -0.186. The fourth-order valence-electron chi connectivity index (χ4n) is 2.92. The van der Waals surface area contributed by atoms with Crippen LogP contribution in [0.3, 0.4) is 0 Å². The summed E-state index contributed by atoms with van der Waals surface area (Å²) in [7, 11) is 3.46. The molecule has 1 aromatic rings. The van der Waals surface area contributed by atoms with Gasteiger partial charge in [-0.1, -0.05) is 50.5 Å². The molecule has 19 heavy (non-hydrogen) atoms. The van der Waals surface area contributed by atoms with Crippen LogP contribution in [-0.4, -0.2) is 14.2 Å². The lowest BCUT2D eigenvalue weighted by Gasteiger charge is -2.31. The molecule has 1 aliphatic carbocycles. The van der Waals surface area contributed by atoms with Gasteiger partial charge in [-0.25, -0.2) is 0 Å². The van der Waals surface area contributed by atoms with Gasteiger partial charge in [-0.05, 0) is 30.1 Å². The number of fused-ring (bicyclic) bond motifs is 1. The highest BCUT2D eigenvalue weighted by Crippen LogP contribution is 2.45. The van der Waals surface area contributed by atoms with Crippen LogP contribution in [0.5, 0.6) is 0 Å². The summed E-state index contributed by atoms with van der Waals surface area (Å²) >= 11 is 0. The van der Waals surface area contributed by atoms with E-state index in [4.69, 9.17) is 9.47 Å². The minimum Gasteiger partial charge on any atom is -0.346 e. The zero-order chi connectivity index (χ0) is 13.7. The van der Waals surface area contributed by atoms with Crippen molar-refractivity contribution in [2.24, 2.45) is 0 Å². The van der Waals surface area contributed by atoms with Crippen molar-refractivity contribution in [1.82, 2.24) is 0 Å². The Morgan fingerprint density at radius 2 is 1.74 bits per heavy atom. The Labute approximate surface area is 116 Å². The van der Waals surface area contributed by atoms with Gasteiger partial charge in [0, 0.05) is 19.8 Å². The molecular formula is C17H24O2. The molecule has 0 bridgehead atoms. The molecule has 0 fully saturated rings. The highest BCUT2D eigenvalue weighted by Gasteiger charge is 2.41. The van der Waals surface area contributed by atoms with Gasteiger partial charge in [0.1, 0.15) is 0 Å². The van der Waals surface area contributed by atoms with Gasteiger partial charge in [-0.2, -0.15) is 0 Å². The van der Waals surface area contributed by atoms with Gasteiger partial charge in [0.2, 0.25) is 5.79 Å². The molecule has 1 aromatic carbocycles. The molecule has 0 spiro atoms. The monoisotopic (exact) mass is 260 g/mol. The maximum absolute atomic E-state index is 5.75. The van der Waals surface area contributed by atoms with E-state index in [2.05, 4.69) is 31.2 Å². The molecule has 2 rings (SSSR count). The van der Waals surface area contributed by atoms with Gasteiger partial charge >= 0.3 is 0 Å². The molecule has 0 atom stereocenters. The number of hydrogen-bond donors (Lipinski definition) is 0. The van der Waals surface area contributed by atoms with E-state index in [1.807, 2.05) is 6.07 Å².